The maximum atomic E-state index is 10.7. The van der Waals surface area contributed by atoms with E-state index in [1.807, 2.05) is 13.0 Å². The molecule has 1 aliphatic heterocycles. The minimum Gasteiger partial charge on any atom is -0.318 e. The number of β-lactam (4-membered cyclic amide) rings is 1. The number of carbonyl (C=O) groups excluding carboxylic acids is 1. The van der Waals surface area contributed by atoms with E-state index in [-0.39, 0.29) is 11.9 Å². The molecular weight excluding hydrogens is 116 g/mol. The normalized spacial score (nSPS) is 27.1. The molecule has 1 rings (SSSR count). The molecule has 50 valence electrons. The third kappa shape index (κ3) is 0.954. The molecule has 0 unspecified atom stereocenters. The molecule has 9 heavy (non-hydrogen) atoms. The van der Waals surface area contributed by atoms with E-state index < -0.39 is 0 Å². The van der Waals surface area contributed by atoms with Crippen LogP contribution in [0, 0.1) is 0 Å². The lowest BCUT2D eigenvalue weighted by Crippen LogP contribution is -2.58. The Bertz CT molecular complexity index is 153. The molecule has 0 spiro atoms. The third-order valence-corrected chi connectivity index (χ3v) is 1.32. The van der Waals surface area contributed by atoms with Gasteiger partial charge in [0, 0.05) is 12.7 Å². The fourth-order valence-corrected chi connectivity index (χ4v) is 0.795. The summed E-state index contributed by atoms with van der Waals surface area (Å²) < 4.78 is 0. The average Bonchev–Trinajstić information content (AvgIpc) is 1.88. The highest BCUT2D eigenvalue weighted by atomic mass is 16.2. The molecule has 0 aromatic carbocycles. The Labute approximate surface area is 54.1 Å². The van der Waals surface area contributed by atoms with Crippen LogP contribution in [0.5, 0.6) is 0 Å². The fraction of sp³-hybridized carbons (Fsp3) is 0.500. The van der Waals surface area contributed by atoms with Crippen molar-refractivity contribution >= 4 is 5.91 Å². The van der Waals surface area contributed by atoms with Gasteiger partial charge in [0.25, 0.3) is 0 Å². The van der Waals surface area contributed by atoms with Crippen LogP contribution in [0.3, 0.4) is 0 Å². The Morgan fingerprint density at radius 1 is 1.89 bits per heavy atom. The van der Waals surface area contributed by atoms with Crippen LogP contribution in [0.25, 0.3) is 0 Å². The number of carbonyl (C=O) groups is 1. The molecule has 1 fully saturated rings. The first kappa shape index (κ1) is 6.29. The molecule has 1 amide bonds. The Kier molecular flexibility index (Phi) is 1.53. The zero-order valence-corrected chi connectivity index (χ0v) is 5.37. The van der Waals surface area contributed by atoms with Crippen molar-refractivity contribution in [1.82, 2.24) is 4.90 Å². The smallest absolute Gasteiger partial charge is 0.245 e. The lowest BCUT2D eigenvalue weighted by Gasteiger charge is -2.32. The number of nitrogens with zero attached hydrogens (tertiary/aromatic N) is 1. The number of nitrogens with two attached hydrogens (primary N) is 1. The number of rotatable bonds is 1. The Morgan fingerprint density at radius 2 is 2.56 bits per heavy atom. The van der Waals surface area contributed by atoms with Gasteiger partial charge in [-0.3, -0.25) is 4.79 Å². The van der Waals surface area contributed by atoms with Gasteiger partial charge in [-0.2, -0.15) is 0 Å². The van der Waals surface area contributed by atoms with Crippen LogP contribution in [-0.4, -0.2) is 23.4 Å². The summed E-state index contributed by atoms with van der Waals surface area (Å²) in [7, 11) is 0. The molecule has 0 aromatic rings. The summed E-state index contributed by atoms with van der Waals surface area (Å²) in [4.78, 5) is 12.3. The van der Waals surface area contributed by atoms with Gasteiger partial charge in [0.15, 0.2) is 0 Å². The van der Waals surface area contributed by atoms with Crippen molar-refractivity contribution < 1.29 is 4.79 Å². The summed E-state index contributed by atoms with van der Waals surface area (Å²) in [6.45, 7) is 2.54. The van der Waals surface area contributed by atoms with Crippen LogP contribution >= 0.6 is 0 Å². The highest BCUT2D eigenvalue weighted by Crippen LogP contribution is 2.06. The second-order valence-electron chi connectivity index (χ2n) is 2.08. The standard InChI is InChI=1S/C6H10N2O/c1-2-3-8-4-5(7)6(8)9/h2-3,5H,4,7H2,1H3/b3-2+/t5-/m1/s1. The lowest BCUT2D eigenvalue weighted by molar-refractivity contribution is -0.138. The predicted octanol–water partition coefficient (Wildman–Crippen LogP) is -0.310. The molecule has 3 nitrogen and oxygen atoms in total. The molecular formula is C6H10N2O. The van der Waals surface area contributed by atoms with E-state index in [1.165, 1.54) is 0 Å². The minimum absolute atomic E-state index is 0.0214. The van der Waals surface area contributed by atoms with Crippen LogP contribution in [0.4, 0.5) is 0 Å². The van der Waals surface area contributed by atoms with E-state index in [0.29, 0.717) is 6.54 Å². The van der Waals surface area contributed by atoms with Gasteiger partial charge in [0.2, 0.25) is 5.91 Å². The number of allylic oxidation sites excluding steroid dienone is 1. The molecule has 0 radical (unpaired) electrons. The monoisotopic (exact) mass is 126 g/mol. The van der Waals surface area contributed by atoms with E-state index in [1.54, 1.807) is 11.1 Å². The summed E-state index contributed by atoms with van der Waals surface area (Å²) in [6.07, 6.45) is 3.56. The summed E-state index contributed by atoms with van der Waals surface area (Å²) >= 11 is 0. The number of hydrogen-bond donors (Lipinski definition) is 1. The predicted molar refractivity (Wildman–Crippen MR) is 34.5 cm³/mol. The first-order valence-electron chi connectivity index (χ1n) is 2.94. The van der Waals surface area contributed by atoms with Crippen molar-refractivity contribution in [3.8, 4) is 0 Å². The molecule has 0 aliphatic carbocycles. The van der Waals surface area contributed by atoms with Crippen LogP contribution in [0.2, 0.25) is 0 Å². The SMILES string of the molecule is C/C=C/N1C[C@@H](N)C1=O. The van der Waals surface area contributed by atoms with Gasteiger partial charge in [0.1, 0.15) is 6.04 Å². The van der Waals surface area contributed by atoms with Gasteiger partial charge < -0.3 is 10.6 Å². The average molecular weight is 126 g/mol. The van der Waals surface area contributed by atoms with Crippen LogP contribution in [-0.2, 0) is 4.79 Å². The maximum Gasteiger partial charge on any atom is 0.245 e. The third-order valence-electron chi connectivity index (χ3n) is 1.32. The Balaban J connectivity index is 2.42. The quantitative estimate of drug-likeness (QED) is 0.490. The zero-order chi connectivity index (χ0) is 6.85. The van der Waals surface area contributed by atoms with E-state index in [2.05, 4.69) is 0 Å². The second kappa shape index (κ2) is 2.19. The number of hydrogen-bond acceptors (Lipinski definition) is 2. The largest absolute Gasteiger partial charge is 0.318 e. The van der Waals surface area contributed by atoms with Gasteiger partial charge in [-0.05, 0) is 6.92 Å². The van der Waals surface area contributed by atoms with Crippen molar-refractivity contribution in [1.29, 1.82) is 0 Å². The molecule has 1 saturated heterocycles. The van der Waals surface area contributed by atoms with E-state index in [4.69, 9.17) is 5.73 Å². The maximum absolute atomic E-state index is 10.7. The van der Waals surface area contributed by atoms with E-state index in [9.17, 15) is 4.79 Å². The molecule has 2 N–H and O–H groups in total. The van der Waals surface area contributed by atoms with Crippen LogP contribution in [0.1, 0.15) is 6.92 Å². The van der Waals surface area contributed by atoms with Crippen molar-refractivity contribution in [2.24, 2.45) is 5.73 Å². The van der Waals surface area contributed by atoms with Gasteiger partial charge in [-0.1, -0.05) is 6.08 Å². The van der Waals surface area contributed by atoms with Crippen molar-refractivity contribution in [2.75, 3.05) is 6.54 Å². The summed E-state index contributed by atoms with van der Waals surface area (Å²) in [5.41, 5.74) is 5.32. The molecule has 0 bridgehead atoms. The van der Waals surface area contributed by atoms with E-state index in [0.717, 1.165) is 0 Å². The van der Waals surface area contributed by atoms with Crippen molar-refractivity contribution in [3.05, 3.63) is 12.3 Å². The van der Waals surface area contributed by atoms with Crippen LogP contribution in [0.15, 0.2) is 12.3 Å². The van der Waals surface area contributed by atoms with E-state index >= 15 is 0 Å². The number of amides is 1. The minimum atomic E-state index is -0.249. The van der Waals surface area contributed by atoms with Crippen molar-refractivity contribution in [2.45, 2.75) is 13.0 Å². The number of likely N-dealkylation sites (tertiary alicyclic amines) is 1. The zero-order valence-electron chi connectivity index (χ0n) is 5.37. The molecule has 0 saturated carbocycles. The topological polar surface area (TPSA) is 46.3 Å². The summed E-state index contributed by atoms with van der Waals surface area (Å²) in [5, 5.41) is 0. The van der Waals surface area contributed by atoms with Crippen LogP contribution < -0.4 is 5.73 Å². The summed E-state index contributed by atoms with van der Waals surface area (Å²) in [6, 6.07) is -0.249. The Hall–Kier alpha value is -0.830. The highest BCUT2D eigenvalue weighted by Gasteiger charge is 2.31. The van der Waals surface area contributed by atoms with Gasteiger partial charge in [-0.15, -0.1) is 0 Å². The molecule has 1 atom stereocenters. The van der Waals surface area contributed by atoms with Gasteiger partial charge >= 0.3 is 0 Å². The second-order valence-corrected chi connectivity index (χ2v) is 2.08. The van der Waals surface area contributed by atoms with Crippen molar-refractivity contribution in [3.63, 3.8) is 0 Å². The molecule has 3 heteroatoms. The lowest BCUT2D eigenvalue weighted by atomic mass is 10.1. The Morgan fingerprint density at radius 3 is 2.89 bits per heavy atom. The van der Waals surface area contributed by atoms with Gasteiger partial charge in [-0.25, -0.2) is 0 Å². The fourth-order valence-electron chi connectivity index (χ4n) is 0.795. The van der Waals surface area contributed by atoms with Gasteiger partial charge in [0.05, 0.1) is 0 Å². The summed E-state index contributed by atoms with van der Waals surface area (Å²) in [5.74, 6) is 0.0214. The molecule has 0 aromatic heterocycles. The molecule has 1 aliphatic rings. The molecule has 1 heterocycles. The highest BCUT2D eigenvalue weighted by molar-refractivity contribution is 5.88. The first-order valence-corrected chi connectivity index (χ1v) is 2.94. The first-order chi connectivity index (χ1) is 4.25.